The number of oxazole rings is 1. The summed E-state index contributed by atoms with van der Waals surface area (Å²) in [4.78, 5) is 16.7. The molecule has 0 saturated heterocycles. The van der Waals surface area contributed by atoms with E-state index in [-0.39, 0.29) is 23.6 Å². The number of hydrogen-bond acceptors (Lipinski definition) is 5. The number of hydrogen-bond donors (Lipinski definition) is 1. The molecule has 0 spiro atoms. The summed E-state index contributed by atoms with van der Waals surface area (Å²) >= 11 is 0. The van der Waals surface area contributed by atoms with Gasteiger partial charge in [0.05, 0.1) is 11.7 Å². The van der Waals surface area contributed by atoms with Gasteiger partial charge >= 0.3 is 0 Å². The van der Waals surface area contributed by atoms with Crippen LogP contribution >= 0.6 is 0 Å². The van der Waals surface area contributed by atoms with Gasteiger partial charge in [-0.15, -0.1) is 0 Å². The van der Waals surface area contributed by atoms with Gasteiger partial charge in [0.2, 0.25) is 5.76 Å². The van der Waals surface area contributed by atoms with Crippen molar-refractivity contribution in [2.75, 3.05) is 13.2 Å². The molecule has 1 atom stereocenters. The molecule has 1 unspecified atom stereocenters. The highest BCUT2D eigenvalue weighted by atomic mass is 16.6. The number of carbonyl (C=O) groups excluding carboxylic acids is 1. The number of benzene rings is 1. The zero-order valence-corrected chi connectivity index (χ0v) is 14.4. The lowest BCUT2D eigenvalue weighted by Gasteiger charge is -2.25. The molecule has 3 rings (SSSR count). The summed E-state index contributed by atoms with van der Waals surface area (Å²) < 4.78 is 16.6. The first-order valence-electron chi connectivity index (χ1n) is 8.10. The molecule has 1 amide bonds. The van der Waals surface area contributed by atoms with Gasteiger partial charge < -0.3 is 19.2 Å². The molecule has 24 heavy (non-hydrogen) atoms. The third-order valence-electron chi connectivity index (χ3n) is 3.99. The van der Waals surface area contributed by atoms with Crippen LogP contribution < -0.4 is 14.8 Å². The predicted octanol–water partition coefficient (Wildman–Crippen LogP) is 3.19. The quantitative estimate of drug-likeness (QED) is 0.932. The second kappa shape index (κ2) is 6.55. The molecular formula is C18H22N2O4. The minimum atomic E-state index is -0.262. The lowest BCUT2D eigenvalue weighted by molar-refractivity contribution is 0.0895. The maximum atomic E-state index is 12.6. The second-order valence-electron chi connectivity index (χ2n) is 6.25. The maximum absolute atomic E-state index is 12.6. The molecule has 6 heteroatoms. The molecule has 0 radical (unpaired) electrons. The van der Waals surface area contributed by atoms with E-state index in [2.05, 4.69) is 24.1 Å². The van der Waals surface area contributed by atoms with Crippen molar-refractivity contribution in [3.05, 3.63) is 41.1 Å². The van der Waals surface area contributed by atoms with E-state index in [9.17, 15) is 4.79 Å². The molecule has 0 bridgehead atoms. The fraction of sp³-hybridized carbons (Fsp3) is 0.444. The van der Waals surface area contributed by atoms with E-state index in [1.54, 1.807) is 13.8 Å². The monoisotopic (exact) mass is 330 g/mol. The Morgan fingerprint density at radius 2 is 1.88 bits per heavy atom. The molecule has 1 N–H and O–H groups in total. The normalized spacial score (nSPS) is 14.5. The van der Waals surface area contributed by atoms with Gasteiger partial charge in [0.15, 0.2) is 17.4 Å². The summed E-state index contributed by atoms with van der Waals surface area (Å²) in [5.41, 5.74) is 1.56. The summed E-state index contributed by atoms with van der Waals surface area (Å²) in [6.45, 7) is 8.69. The highest BCUT2D eigenvalue weighted by Gasteiger charge is 2.24. The Labute approximate surface area is 141 Å². The summed E-state index contributed by atoms with van der Waals surface area (Å²) in [5.74, 6) is 2.13. The first-order valence-corrected chi connectivity index (χ1v) is 8.10. The molecule has 1 aromatic carbocycles. The molecule has 0 aliphatic carbocycles. The zero-order valence-electron chi connectivity index (χ0n) is 14.4. The molecule has 1 aliphatic heterocycles. The van der Waals surface area contributed by atoms with Crippen molar-refractivity contribution in [1.82, 2.24) is 10.3 Å². The predicted molar refractivity (Wildman–Crippen MR) is 88.5 cm³/mol. The maximum Gasteiger partial charge on any atom is 0.289 e. The summed E-state index contributed by atoms with van der Waals surface area (Å²) in [7, 11) is 0. The van der Waals surface area contributed by atoms with Crippen LogP contribution in [0, 0.1) is 19.8 Å². The van der Waals surface area contributed by atoms with E-state index in [1.807, 2.05) is 18.2 Å². The number of fused-ring (bicyclic) bond motifs is 1. The highest BCUT2D eigenvalue weighted by Crippen LogP contribution is 2.34. The first-order chi connectivity index (χ1) is 11.5. The van der Waals surface area contributed by atoms with Crippen LogP contribution in [0.1, 0.15) is 47.6 Å². The Kier molecular flexibility index (Phi) is 4.46. The van der Waals surface area contributed by atoms with Crippen LogP contribution in [-0.4, -0.2) is 24.1 Å². The van der Waals surface area contributed by atoms with Gasteiger partial charge in [-0.05, 0) is 30.5 Å². The molecule has 6 nitrogen and oxygen atoms in total. The molecule has 0 fully saturated rings. The number of aryl methyl sites for hydroxylation is 2. The number of carbonyl (C=O) groups is 1. The molecule has 2 aromatic rings. The molecule has 128 valence electrons. The number of ether oxygens (including phenoxy) is 2. The van der Waals surface area contributed by atoms with E-state index >= 15 is 0 Å². The topological polar surface area (TPSA) is 73.6 Å². The van der Waals surface area contributed by atoms with Crippen molar-refractivity contribution in [2.45, 2.75) is 33.7 Å². The second-order valence-corrected chi connectivity index (χ2v) is 6.25. The molecule has 2 heterocycles. The minimum Gasteiger partial charge on any atom is -0.486 e. The van der Waals surface area contributed by atoms with Crippen LogP contribution in [0.4, 0.5) is 0 Å². The van der Waals surface area contributed by atoms with Gasteiger partial charge in [-0.3, -0.25) is 4.79 Å². The standard InChI is InChI=1S/C18H22N2O4/c1-10(2)16(20-18(21)17-11(3)19-12(4)24-17)13-5-6-14-15(9-13)23-8-7-22-14/h5-6,9-10,16H,7-8H2,1-4H3,(H,20,21). The lowest BCUT2D eigenvalue weighted by atomic mass is 9.95. The van der Waals surface area contributed by atoms with Gasteiger partial charge in [0, 0.05) is 6.92 Å². The smallest absolute Gasteiger partial charge is 0.289 e. The van der Waals surface area contributed by atoms with Crippen LogP contribution in [0.25, 0.3) is 0 Å². The minimum absolute atomic E-state index is 0.168. The number of nitrogens with zero attached hydrogens (tertiary/aromatic N) is 1. The van der Waals surface area contributed by atoms with Crippen LogP contribution in [0.3, 0.4) is 0 Å². The van der Waals surface area contributed by atoms with Crippen molar-refractivity contribution in [3.8, 4) is 11.5 Å². The van der Waals surface area contributed by atoms with E-state index in [0.717, 1.165) is 11.3 Å². The van der Waals surface area contributed by atoms with Gasteiger partial charge in [0.1, 0.15) is 13.2 Å². The Morgan fingerprint density at radius 3 is 2.50 bits per heavy atom. The van der Waals surface area contributed by atoms with Gasteiger partial charge in [-0.1, -0.05) is 19.9 Å². The summed E-state index contributed by atoms with van der Waals surface area (Å²) in [6.07, 6.45) is 0. The number of aromatic nitrogens is 1. The molecular weight excluding hydrogens is 308 g/mol. The van der Waals surface area contributed by atoms with Crippen LogP contribution in [0.15, 0.2) is 22.6 Å². The van der Waals surface area contributed by atoms with E-state index < -0.39 is 0 Å². The molecule has 0 saturated carbocycles. The van der Waals surface area contributed by atoms with Crippen molar-refractivity contribution in [1.29, 1.82) is 0 Å². The summed E-state index contributed by atoms with van der Waals surface area (Å²) in [6, 6.07) is 5.60. The lowest BCUT2D eigenvalue weighted by Crippen LogP contribution is -2.32. The third kappa shape index (κ3) is 3.22. The van der Waals surface area contributed by atoms with Crippen LogP contribution in [-0.2, 0) is 0 Å². The first kappa shape index (κ1) is 16.4. The Balaban J connectivity index is 1.85. The van der Waals surface area contributed by atoms with Crippen molar-refractivity contribution < 1.29 is 18.7 Å². The van der Waals surface area contributed by atoms with Crippen LogP contribution in [0.5, 0.6) is 11.5 Å². The van der Waals surface area contributed by atoms with Crippen molar-refractivity contribution in [3.63, 3.8) is 0 Å². The van der Waals surface area contributed by atoms with Gasteiger partial charge in [-0.25, -0.2) is 4.98 Å². The van der Waals surface area contributed by atoms with Crippen LogP contribution in [0.2, 0.25) is 0 Å². The summed E-state index contributed by atoms with van der Waals surface area (Å²) in [5, 5.41) is 3.04. The van der Waals surface area contributed by atoms with Gasteiger partial charge in [0.25, 0.3) is 5.91 Å². The van der Waals surface area contributed by atoms with E-state index in [4.69, 9.17) is 13.9 Å². The fourth-order valence-corrected chi connectivity index (χ4v) is 2.84. The van der Waals surface area contributed by atoms with Crippen molar-refractivity contribution >= 4 is 5.91 Å². The van der Waals surface area contributed by atoms with E-state index in [1.165, 1.54) is 0 Å². The largest absolute Gasteiger partial charge is 0.486 e. The SMILES string of the molecule is Cc1nc(C)c(C(=O)NC(c2ccc3c(c2)OCCO3)C(C)C)o1. The Hall–Kier alpha value is -2.50. The average Bonchev–Trinajstić information content (AvgIpc) is 2.90. The number of rotatable bonds is 4. The number of nitrogens with one attached hydrogen (secondary N) is 1. The fourth-order valence-electron chi connectivity index (χ4n) is 2.84. The third-order valence-corrected chi connectivity index (χ3v) is 3.99. The molecule has 1 aliphatic rings. The zero-order chi connectivity index (χ0) is 17.3. The average molecular weight is 330 g/mol. The Morgan fingerprint density at radius 1 is 1.17 bits per heavy atom. The molecule has 1 aromatic heterocycles. The van der Waals surface area contributed by atoms with Crippen molar-refractivity contribution in [2.24, 2.45) is 5.92 Å². The van der Waals surface area contributed by atoms with Gasteiger partial charge in [-0.2, -0.15) is 0 Å². The Bertz CT molecular complexity index is 751. The van der Waals surface area contributed by atoms with E-state index in [0.29, 0.717) is 30.5 Å². The highest BCUT2D eigenvalue weighted by molar-refractivity contribution is 5.92. The number of amides is 1.